The molecule has 0 bridgehead atoms. The molecule has 176 valence electrons. The lowest BCUT2D eigenvalue weighted by molar-refractivity contribution is -0.143. The van der Waals surface area contributed by atoms with Gasteiger partial charge in [0.15, 0.2) is 0 Å². The third-order valence-corrected chi connectivity index (χ3v) is 5.56. The Bertz CT molecular complexity index is 1100. The van der Waals surface area contributed by atoms with E-state index in [2.05, 4.69) is 5.32 Å². The van der Waals surface area contributed by atoms with Crippen molar-refractivity contribution in [3.05, 3.63) is 68.7 Å². The quantitative estimate of drug-likeness (QED) is 0.471. The van der Waals surface area contributed by atoms with Crippen LogP contribution in [0.2, 0.25) is 10.0 Å². The summed E-state index contributed by atoms with van der Waals surface area (Å²) in [7, 11) is 0. The molecule has 2 heterocycles. The van der Waals surface area contributed by atoms with Crippen molar-refractivity contribution >= 4 is 35.1 Å². The first-order valence-corrected chi connectivity index (χ1v) is 11.4. The van der Waals surface area contributed by atoms with E-state index in [0.717, 1.165) is 0 Å². The van der Waals surface area contributed by atoms with E-state index in [9.17, 15) is 9.59 Å². The minimum atomic E-state index is -0.824. The van der Waals surface area contributed by atoms with Gasteiger partial charge in [0.1, 0.15) is 11.5 Å². The molecule has 6 nitrogen and oxygen atoms in total. The van der Waals surface area contributed by atoms with Crippen LogP contribution in [0.3, 0.4) is 0 Å². The number of hydrogen-bond donors (Lipinski definition) is 1. The van der Waals surface area contributed by atoms with Crippen LogP contribution in [0.15, 0.2) is 57.3 Å². The highest BCUT2D eigenvalue weighted by Crippen LogP contribution is 2.42. The first kappa shape index (κ1) is 24.9. The zero-order valence-electron chi connectivity index (χ0n) is 19.4. The average molecular weight is 492 g/mol. The highest BCUT2D eigenvalue weighted by atomic mass is 35.5. The summed E-state index contributed by atoms with van der Waals surface area (Å²) in [6, 6.07) is 8.50. The summed E-state index contributed by atoms with van der Waals surface area (Å²) in [6.45, 7) is 10.6. The van der Waals surface area contributed by atoms with Gasteiger partial charge in [-0.3, -0.25) is 0 Å². The molecule has 0 spiro atoms. The predicted octanol–water partition coefficient (Wildman–Crippen LogP) is 6.39. The molecular formula is C25H27Cl2NO5. The molecule has 0 radical (unpaired) electrons. The number of carbonyl (C=O) groups excluding carboxylic acids is 2. The Morgan fingerprint density at radius 1 is 0.909 bits per heavy atom. The predicted molar refractivity (Wildman–Crippen MR) is 128 cm³/mol. The molecule has 33 heavy (non-hydrogen) atoms. The summed E-state index contributed by atoms with van der Waals surface area (Å²) in [5.41, 5.74) is 2.31. The van der Waals surface area contributed by atoms with E-state index in [1.165, 1.54) is 0 Å². The van der Waals surface area contributed by atoms with Gasteiger partial charge in [0.2, 0.25) is 0 Å². The summed E-state index contributed by atoms with van der Waals surface area (Å²) >= 11 is 12.5. The third kappa shape index (κ3) is 5.45. The van der Waals surface area contributed by atoms with E-state index in [1.54, 1.807) is 71.9 Å². The third-order valence-electron chi connectivity index (χ3n) is 4.99. The van der Waals surface area contributed by atoms with E-state index in [4.69, 9.17) is 37.1 Å². The first-order valence-electron chi connectivity index (χ1n) is 10.6. The Morgan fingerprint density at radius 2 is 1.45 bits per heavy atom. The van der Waals surface area contributed by atoms with Gasteiger partial charge in [-0.05, 0) is 71.9 Å². The molecule has 0 atom stereocenters. The van der Waals surface area contributed by atoms with Gasteiger partial charge in [-0.25, -0.2) is 9.59 Å². The molecular weight excluding hydrogens is 465 g/mol. The van der Waals surface area contributed by atoms with Crippen LogP contribution < -0.4 is 5.32 Å². The molecule has 0 unspecified atom stereocenters. The molecule has 0 saturated heterocycles. The van der Waals surface area contributed by atoms with E-state index < -0.39 is 17.9 Å². The minimum Gasteiger partial charge on any atom is -0.460 e. The second kappa shape index (κ2) is 10.1. The topological polar surface area (TPSA) is 77.8 Å². The smallest absolute Gasteiger partial charge is 0.337 e. The zero-order chi connectivity index (χ0) is 24.4. The number of allylic oxidation sites excluding steroid dienone is 2. The number of carbonyl (C=O) groups is 2. The van der Waals surface area contributed by atoms with Gasteiger partial charge in [-0.15, -0.1) is 0 Å². The number of dihydropyridines is 1. The molecule has 1 aromatic carbocycles. The van der Waals surface area contributed by atoms with E-state index in [1.807, 2.05) is 0 Å². The monoisotopic (exact) mass is 491 g/mol. The van der Waals surface area contributed by atoms with Gasteiger partial charge in [0.05, 0.1) is 34.3 Å². The molecule has 3 rings (SSSR count). The lowest BCUT2D eigenvalue weighted by atomic mass is 9.83. The average Bonchev–Trinajstić information content (AvgIpc) is 3.17. The fourth-order valence-corrected chi connectivity index (χ4v) is 4.10. The first-order chi connectivity index (χ1) is 15.5. The van der Waals surface area contributed by atoms with Crippen LogP contribution in [0, 0.1) is 0 Å². The number of furan rings is 1. The van der Waals surface area contributed by atoms with Crippen LogP contribution in [-0.4, -0.2) is 24.1 Å². The number of rotatable bonds is 6. The Hall–Kier alpha value is -2.70. The summed E-state index contributed by atoms with van der Waals surface area (Å²) < 4.78 is 17.1. The van der Waals surface area contributed by atoms with E-state index in [0.29, 0.717) is 38.5 Å². The Balaban J connectivity index is 2.15. The molecule has 1 aliphatic heterocycles. The molecule has 1 aliphatic rings. The van der Waals surface area contributed by atoms with Crippen LogP contribution >= 0.6 is 23.2 Å². The van der Waals surface area contributed by atoms with Crippen molar-refractivity contribution in [2.75, 3.05) is 0 Å². The zero-order valence-corrected chi connectivity index (χ0v) is 20.9. The normalized spacial score (nSPS) is 14.7. The van der Waals surface area contributed by atoms with E-state index >= 15 is 0 Å². The fraction of sp³-hybridized carbons (Fsp3) is 0.360. The minimum absolute atomic E-state index is 0.281. The van der Waals surface area contributed by atoms with Crippen LogP contribution in [0.25, 0.3) is 11.3 Å². The number of esters is 2. The maximum absolute atomic E-state index is 13.1. The molecule has 2 aromatic rings. The van der Waals surface area contributed by atoms with Crippen molar-refractivity contribution in [3.63, 3.8) is 0 Å². The number of nitrogens with one attached hydrogen (secondary N) is 1. The van der Waals surface area contributed by atoms with Crippen molar-refractivity contribution in [2.24, 2.45) is 0 Å². The maximum atomic E-state index is 13.1. The highest BCUT2D eigenvalue weighted by Gasteiger charge is 2.40. The molecule has 0 amide bonds. The van der Waals surface area contributed by atoms with Crippen molar-refractivity contribution in [2.45, 2.75) is 59.7 Å². The molecule has 1 aromatic heterocycles. The van der Waals surface area contributed by atoms with Gasteiger partial charge in [-0.2, -0.15) is 0 Å². The number of benzene rings is 1. The molecule has 0 aliphatic carbocycles. The fourth-order valence-electron chi connectivity index (χ4n) is 3.71. The summed E-state index contributed by atoms with van der Waals surface area (Å²) in [6.07, 6.45) is -0.678. The van der Waals surface area contributed by atoms with Crippen LogP contribution in [0.4, 0.5) is 0 Å². The largest absolute Gasteiger partial charge is 0.460 e. The van der Waals surface area contributed by atoms with Gasteiger partial charge < -0.3 is 19.2 Å². The molecule has 8 heteroatoms. The molecule has 0 fully saturated rings. The van der Waals surface area contributed by atoms with Crippen LogP contribution in [0.1, 0.15) is 53.2 Å². The number of ether oxygens (including phenoxy) is 2. The van der Waals surface area contributed by atoms with Crippen molar-refractivity contribution in [1.82, 2.24) is 5.32 Å². The second-order valence-corrected chi connectivity index (χ2v) is 9.21. The Labute approximate surface area is 203 Å². The second-order valence-electron chi connectivity index (χ2n) is 8.37. The number of hydrogen-bond acceptors (Lipinski definition) is 6. The Morgan fingerprint density at radius 3 is 1.97 bits per heavy atom. The van der Waals surface area contributed by atoms with Crippen molar-refractivity contribution in [1.29, 1.82) is 0 Å². The molecule has 1 N–H and O–H groups in total. The highest BCUT2D eigenvalue weighted by molar-refractivity contribution is 6.35. The Kier molecular flexibility index (Phi) is 7.60. The molecule has 0 saturated carbocycles. The van der Waals surface area contributed by atoms with Crippen molar-refractivity contribution < 1.29 is 23.5 Å². The maximum Gasteiger partial charge on any atom is 0.337 e. The lowest BCUT2D eigenvalue weighted by Crippen LogP contribution is -2.33. The summed E-state index contributed by atoms with van der Waals surface area (Å²) in [5.74, 6) is -1.07. The van der Waals surface area contributed by atoms with Gasteiger partial charge in [-0.1, -0.05) is 23.2 Å². The lowest BCUT2D eigenvalue weighted by Gasteiger charge is -2.29. The number of halogens is 2. The van der Waals surface area contributed by atoms with Crippen LogP contribution in [-0.2, 0) is 19.1 Å². The van der Waals surface area contributed by atoms with Gasteiger partial charge in [0.25, 0.3) is 0 Å². The van der Waals surface area contributed by atoms with Crippen molar-refractivity contribution in [3.8, 4) is 11.3 Å². The summed E-state index contributed by atoms with van der Waals surface area (Å²) in [4.78, 5) is 26.2. The van der Waals surface area contributed by atoms with E-state index in [-0.39, 0.29) is 23.4 Å². The van der Waals surface area contributed by atoms with Gasteiger partial charge in [0, 0.05) is 22.0 Å². The van der Waals surface area contributed by atoms with Gasteiger partial charge >= 0.3 is 11.9 Å². The SMILES string of the molecule is CC1=C(C(=O)OC(C)C)C(c2ccc(-c3cc(Cl)ccc3Cl)o2)C(C(=O)OC(C)C)=C(C)N1. The van der Waals surface area contributed by atoms with Crippen LogP contribution in [0.5, 0.6) is 0 Å². The summed E-state index contributed by atoms with van der Waals surface area (Å²) in [5, 5.41) is 4.08. The standard InChI is InChI=1S/C25H27Cl2NO5/c1-12(2)31-24(29)21-14(5)28-15(6)22(25(30)32-13(3)4)23(21)20-10-9-19(33-20)17-11-16(26)7-8-18(17)27/h7-13,23,28H,1-6H3.